The monoisotopic (exact) mass is 212 g/mol. The molecule has 0 aliphatic carbocycles. The van der Waals surface area contributed by atoms with E-state index in [-0.39, 0.29) is 11.7 Å². The van der Waals surface area contributed by atoms with E-state index in [0.717, 1.165) is 0 Å². The first-order valence-electron chi connectivity index (χ1n) is 5.12. The third-order valence-corrected chi connectivity index (χ3v) is 3.85. The van der Waals surface area contributed by atoms with Gasteiger partial charge in [-0.25, -0.2) is 0 Å². The number of hydrogen-bond acceptors (Lipinski definition) is 3. The highest BCUT2D eigenvalue weighted by molar-refractivity contribution is 5.85. The van der Waals surface area contributed by atoms with Crippen molar-refractivity contribution >= 4 is 5.78 Å². The molecule has 3 nitrogen and oxygen atoms in total. The van der Waals surface area contributed by atoms with Crippen molar-refractivity contribution in [1.29, 1.82) is 0 Å². The van der Waals surface area contributed by atoms with Crippen molar-refractivity contribution in [3.63, 3.8) is 0 Å². The molecule has 15 heavy (non-hydrogen) atoms. The van der Waals surface area contributed by atoms with Gasteiger partial charge in [0, 0.05) is 0 Å². The van der Waals surface area contributed by atoms with Gasteiger partial charge in [-0.1, -0.05) is 0 Å². The highest BCUT2D eigenvalue weighted by Gasteiger charge is 2.61. The smallest absolute Gasteiger partial charge is 0.272 e. The molecule has 0 aromatic carbocycles. The molecule has 1 aliphatic heterocycles. The fourth-order valence-electron chi connectivity index (χ4n) is 2.37. The lowest BCUT2D eigenvalue weighted by atomic mass is 9.62. The van der Waals surface area contributed by atoms with Gasteiger partial charge in [-0.3, -0.25) is 4.79 Å². The Bertz CT molecular complexity index is 293. The van der Waals surface area contributed by atoms with Crippen LogP contribution in [0.25, 0.3) is 0 Å². The Morgan fingerprint density at radius 2 is 1.40 bits per heavy atom. The molecule has 0 N–H and O–H groups in total. The third-order valence-electron chi connectivity index (χ3n) is 3.85. The molecule has 0 unspecified atom stereocenters. The van der Waals surface area contributed by atoms with Crippen LogP contribution in [0.3, 0.4) is 0 Å². The van der Waals surface area contributed by atoms with E-state index in [0.29, 0.717) is 0 Å². The number of Topliss-reactive ketones (excluding diaryl/α,β-unsaturated/α-hetero) is 1. The average molecular weight is 212 g/mol. The fourth-order valence-corrected chi connectivity index (χ4v) is 2.37. The summed E-state index contributed by atoms with van der Waals surface area (Å²) in [4.78, 5) is 11.9. The summed E-state index contributed by atoms with van der Waals surface area (Å²) in [5, 5.41) is 0. The molecule has 1 heterocycles. The highest BCUT2D eigenvalue weighted by Crippen LogP contribution is 2.51. The van der Waals surface area contributed by atoms with E-state index < -0.39 is 16.6 Å². The number of ether oxygens (including phenoxy) is 2. The van der Waals surface area contributed by atoms with Crippen molar-refractivity contribution in [3.05, 3.63) is 12.5 Å². The van der Waals surface area contributed by atoms with Crippen LogP contribution in [0.15, 0.2) is 12.5 Å². The molecule has 0 radical (unpaired) electrons. The van der Waals surface area contributed by atoms with Crippen molar-refractivity contribution in [2.24, 2.45) is 5.41 Å². The van der Waals surface area contributed by atoms with Crippen molar-refractivity contribution in [2.75, 3.05) is 0 Å². The van der Waals surface area contributed by atoms with Gasteiger partial charge in [0.05, 0.1) is 0 Å². The molecule has 3 heteroatoms. The average Bonchev–Trinajstić information content (AvgIpc) is 1.96. The van der Waals surface area contributed by atoms with E-state index in [9.17, 15) is 4.79 Å². The Hall–Kier alpha value is -0.990. The first kappa shape index (κ1) is 12.1. The van der Waals surface area contributed by atoms with Crippen LogP contribution in [0.2, 0.25) is 0 Å². The second-order valence-electron chi connectivity index (χ2n) is 5.28. The van der Waals surface area contributed by atoms with Crippen LogP contribution >= 0.6 is 0 Å². The van der Waals surface area contributed by atoms with Gasteiger partial charge >= 0.3 is 0 Å². The Balaban J connectivity index is 3.31. The Morgan fingerprint density at radius 1 is 1.07 bits per heavy atom. The van der Waals surface area contributed by atoms with Crippen LogP contribution < -0.4 is 0 Å². The normalized spacial score (nSPS) is 26.4. The molecule has 1 aliphatic rings. The lowest BCUT2D eigenvalue weighted by molar-refractivity contribution is -0.256. The maximum absolute atomic E-state index is 11.9. The highest BCUT2D eigenvalue weighted by atomic mass is 16.7. The minimum atomic E-state index is -0.693. The number of rotatable bonds is 1. The first-order chi connectivity index (χ1) is 6.54. The molecular formula is C12H20O3. The molecule has 1 fully saturated rings. The van der Waals surface area contributed by atoms with Gasteiger partial charge < -0.3 is 9.47 Å². The first-order valence-corrected chi connectivity index (χ1v) is 5.12. The molecular weight excluding hydrogens is 192 g/mol. The summed E-state index contributed by atoms with van der Waals surface area (Å²) in [7, 11) is 0. The minimum Gasteiger partial charge on any atom is -0.459 e. The second-order valence-corrected chi connectivity index (χ2v) is 5.28. The molecule has 0 bridgehead atoms. The molecule has 1 rings (SSSR count). The number of carbonyl (C=O) groups excluding carboxylic acids is 1. The molecule has 0 amide bonds. The molecule has 0 saturated carbocycles. The Morgan fingerprint density at radius 3 is 1.67 bits per heavy atom. The standard InChI is InChI=1S/C12H20O3/c1-8(13)12(7)10(3,4)14-9(2)15-11(12,5)6/h2H2,1,3-7H3. The van der Waals surface area contributed by atoms with Crippen LogP contribution in [-0.4, -0.2) is 17.0 Å². The van der Waals surface area contributed by atoms with E-state index >= 15 is 0 Å². The summed E-state index contributed by atoms with van der Waals surface area (Å²) >= 11 is 0. The summed E-state index contributed by atoms with van der Waals surface area (Å²) in [5.41, 5.74) is -1.92. The molecule has 86 valence electrons. The minimum absolute atomic E-state index is 0.0602. The summed E-state index contributed by atoms with van der Waals surface area (Å²) in [6.07, 6.45) is 0. The Labute approximate surface area is 91.4 Å². The predicted octanol–water partition coefficient (Wildman–Crippen LogP) is 2.66. The molecule has 1 saturated heterocycles. The number of hydrogen-bond donors (Lipinski definition) is 0. The number of carbonyl (C=O) groups is 1. The van der Waals surface area contributed by atoms with Gasteiger partial charge in [0.25, 0.3) is 5.95 Å². The van der Waals surface area contributed by atoms with Gasteiger partial charge in [-0.05, 0) is 48.1 Å². The van der Waals surface area contributed by atoms with E-state index in [4.69, 9.17) is 9.47 Å². The zero-order valence-electron chi connectivity index (χ0n) is 10.4. The van der Waals surface area contributed by atoms with Gasteiger partial charge in [0.2, 0.25) is 0 Å². The van der Waals surface area contributed by atoms with Crippen LogP contribution in [0.5, 0.6) is 0 Å². The maximum Gasteiger partial charge on any atom is 0.272 e. The molecule has 0 aromatic heterocycles. The largest absolute Gasteiger partial charge is 0.459 e. The van der Waals surface area contributed by atoms with Gasteiger partial charge in [0.15, 0.2) is 0 Å². The summed E-state index contributed by atoms with van der Waals surface area (Å²) in [6, 6.07) is 0. The number of ketones is 1. The summed E-state index contributed by atoms with van der Waals surface area (Å²) in [6.45, 7) is 14.7. The van der Waals surface area contributed by atoms with E-state index in [1.54, 1.807) is 6.92 Å². The summed E-state index contributed by atoms with van der Waals surface area (Å²) < 4.78 is 11.1. The van der Waals surface area contributed by atoms with Crippen LogP contribution in [0.4, 0.5) is 0 Å². The van der Waals surface area contributed by atoms with Gasteiger partial charge in [-0.2, -0.15) is 0 Å². The second kappa shape index (κ2) is 3.00. The third kappa shape index (κ3) is 1.45. The lowest BCUT2D eigenvalue weighted by Crippen LogP contribution is -2.64. The van der Waals surface area contributed by atoms with Crippen LogP contribution in [0, 0.1) is 5.41 Å². The zero-order chi connectivity index (χ0) is 12.1. The molecule has 0 atom stereocenters. The van der Waals surface area contributed by atoms with E-state index in [1.165, 1.54) is 0 Å². The van der Waals surface area contributed by atoms with Crippen LogP contribution in [0.1, 0.15) is 41.5 Å². The topological polar surface area (TPSA) is 35.5 Å². The van der Waals surface area contributed by atoms with Crippen molar-refractivity contribution in [3.8, 4) is 0 Å². The van der Waals surface area contributed by atoms with Gasteiger partial charge in [-0.15, -0.1) is 0 Å². The van der Waals surface area contributed by atoms with Crippen molar-refractivity contribution in [2.45, 2.75) is 52.7 Å². The quantitative estimate of drug-likeness (QED) is 0.670. The van der Waals surface area contributed by atoms with Gasteiger partial charge in [0.1, 0.15) is 22.4 Å². The van der Waals surface area contributed by atoms with E-state index in [2.05, 4.69) is 6.58 Å². The zero-order valence-corrected chi connectivity index (χ0v) is 10.4. The predicted molar refractivity (Wildman–Crippen MR) is 58.3 cm³/mol. The summed E-state index contributed by atoms with van der Waals surface area (Å²) in [5.74, 6) is 0.341. The van der Waals surface area contributed by atoms with Crippen molar-refractivity contribution < 1.29 is 14.3 Å². The van der Waals surface area contributed by atoms with Crippen LogP contribution in [-0.2, 0) is 14.3 Å². The SMILES string of the molecule is C=C1OC(C)(C)C(C)(C(C)=O)C(C)(C)O1. The Kier molecular flexibility index (Phi) is 2.42. The van der Waals surface area contributed by atoms with Crippen molar-refractivity contribution in [1.82, 2.24) is 0 Å². The van der Waals surface area contributed by atoms with E-state index in [1.807, 2.05) is 34.6 Å². The fraction of sp³-hybridized carbons (Fsp3) is 0.750. The molecule has 0 spiro atoms. The maximum atomic E-state index is 11.9. The molecule has 0 aromatic rings. The lowest BCUT2D eigenvalue weighted by Gasteiger charge is -2.55.